The quantitative estimate of drug-likeness (QED) is 0.736. The molecule has 1 aromatic carbocycles. The summed E-state index contributed by atoms with van der Waals surface area (Å²) in [6.07, 6.45) is -4.28. The molecule has 0 spiro atoms. The highest BCUT2D eigenvalue weighted by molar-refractivity contribution is 8.00. The van der Waals surface area contributed by atoms with E-state index in [0.717, 1.165) is 23.4 Å². The van der Waals surface area contributed by atoms with E-state index in [1.807, 2.05) is 30.3 Å². The number of aromatic nitrogens is 1. The highest BCUT2D eigenvalue weighted by Crippen LogP contribution is 2.37. The van der Waals surface area contributed by atoms with Gasteiger partial charge in [0.05, 0.1) is 16.4 Å². The van der Waals surface area contributed by atoms with E-state index in [9.17, 15) is 23.2 Å². The van der Waals surface area contributed by atoms with Crippen LogP contribution in [0.25, 0.3) is 0 Å². The van der Waals surface area contributed by atoms with Gasteiger partial charge in [-0.05, 0) is 25.0 Å². The number of thioether (sulfide) groups is 1. The minimum atomic E-state index is -4.66. The normalized spacial score (nSPS) is 12.3. The Labute approximate surface area is 159 Å². The minimum Gasteiger partial charge on any atom is -0.351 e. The van der Waals surface area contributed by atoms with Gasteiger partial charge in [0, 0.05) is 12.2 Å². The van der Waals surface area contributed by atoms with Crippen LogP contribution in [0.4, 0.5) is 13.2 Å². The van der Waals surface area contributed by atoms with Gasteiger partial charge in [-0.1, -0.05) is 49.0 Å². The van der Waals surface area contributed by atoms with Gasteiger partial charge in [0.2, 0.25) is 5.91 Å². The Morgan fingerprint density at radius 1 is 1.33 bits per heavy atom. The van der Waals surface area contributed by atoms with Crippen LogP contribution in [-0.2, 0) is 17.5 Å². The van der Waals surface area contributed by atoms with Crippen molar-refractivity contribution >= 4 is 17.7 Å². The van der Waals surface area contributed by atoms with Crippen LogP contribution in [0.3, 0.4) is 0 Å². The molecule has 8 heteroatoms. The SMILES string of the molecule is CCC(Sc1nc(C)cc(C(F)(F)F)c1C#N)C(=O)NCc1ccccc1. The molecule has 1 aromatic heterocycles. The zero-order chi connectivity index (χ0) is 20.0. The van der Waals surface area contributed by atoms with Crippen LogP contribution in [0.1, 0.15) is 35.7 Å². The zero-order valence-corrected chi connectivity index (χ0v) is 15.6. The molecule has 2 aromatic rings. The summed E-state index contributed by atoms with van der Waals surface area (Å²) in [5.74, 6) is -0.313. The van der Waals surface area contributed by atoms with Gasteiger partial charge >= 0.3 is 6.18 Å². The van der Waals surface area contributed by atoms with Crippen LogP contribution in [0, 0.1) is 18.3 Å². The largest absolute Gasteiger partial charge is 0.417 e. The number of nitrogens with one attached hydrogen (secondary N) is 1. The smallest absolute Gasteiger partial charge is 0.351 e. The van der Waals surface area contributed by atoms with Gasteiger partial charge in [-0.15, -0.1) is 0 Å². The summed E-state index contributed by atoms with van der Waals surface area (Å²) in [5.41, 5.74) is -0.521. The van der Waals surface area contributed by atoms with Gasteiger partial charge in [-0.2, -0.15) is 18.4 Å². The van der Waals surface area contributed by atoms with Gasteiger partial charge in [0.25, 0.3) is 0 Å². The number of hydrogen-bond acceptors (Lipinski definition) is 4. The maximum atomic E-state index is 13.2. The van der Waals surface area contributed by atoms with Crippen molar-refractivity contribution in [2.75, 3.05) is 0 Å². The number of nitriles is 1. The molecule has 0 saturated carbocycles. The summed E-state index contributed by atoms with van der Waals surface area (Å²) >= 11 is 0.882. The average Bonchev–Trinajstić information content (AvgIpc) is 2.63. The predicted octanol–water partition coefficient (Wildman–Crippen LogP) is 4.47. The molecule has 2 rings (SSSR count). The zero-order valence-electron chi connectivity index (χ0n) is 14.8. The van der Waals surface area contributed by atoms with Crippen molar-refractivity contribution in [1.29, 1.82) is 5.26 Å². The van der Waals surface area contributed by atoms with Crippen LogP contribution in [0.5, 0.6) is 0 Å². The molecule has 0 aliphatic carbocycles. The first-order chi connectivity index (χ1) is 12.8. The molecule has 1 N–H and O–H groups in total. The van der Waals surface area contributed by atoms with Gasteiger partial charge in [0.15, 0.2) is 0 Å². The van der Waals surface area contributed by atoms with E-state index in [1.54, 1.807) is 13.0 Å². The Balaban J connectivity index is 2.21. The molecule has 0 bridgehead atoms. The number of carbonyl (C=O) groups is 1. The van der Waals surface area contributed by atoms with E-state index in [0.29, 0.717) is 13.0 Å². The third-order valence-corrected chi connectivity index (χ3v) is 5.11. The highest BCUT2D eigenvalue weighted by atomic mass is 32.2. The lowest BCUT2D eigenvalue weighted by Crippen LogP contribution is -2.32. The van der Waals surface area contributed by atoms with Crippen LogP contribution in [0.2, 0.25) is 0 Å². The molecule has 27 heavy (non-hydrogen) atoms. The van der Waals surface area contributed by atoms with Crippen LogP contribution in [0.15, 0.2) is 41.4 Å². The lowest BCUT2D eigenvalue weighted by Gasteiger charge is -2.17. The Hall–Kier alpha value is -2.53. The number of rotatable bonds is 6. The molecule has 0 aliphatic rings. The van der Waals surface area contributed by atoms with E-state index >= 15 is 0 Å². The van der Waals surface area contributed by atoms with Crippen molar-refractivity contribution in [1.82, 2.24) is 10.3 Å². The second-order valence-electron chi connectivity index (χ2n) is 5.82. The van der Waals surface area contributed by atoms with Crippen LogP contribution in [-0.4, -0.2) is 16.1 Å². The number of halogens is 3. The summed E-state index contributed by atoms with van der Waals surface area (Å²) in [4.78, 5) is 16.5. The molecule has 1 amide bonds. The third kappa shape index (κ3) is 5.47. The fourth-order valence-corrected chi connectivity index (χ4v) is 3.51. The Bertz CT molecular complexity index is 848. The molecule has 0 aliphatic heterocycles. The first kappa shape index (κ1) is 20.8. The molecule has 0 radical (unpaired) electrons. The number of carbonyl (C=O) groups excluding carboxylic acids is 1. The monoisotopic (exact) mass is 393 g/mol. The van der Waals surface area contributed by atoms with E-state index < -0.39 is 22.6 Å². The number of aryl methyl sites for hydroxylation is 1. The standard InChI is InChI=1S/C19H18F3N3OS/c1-3-16(17(26)24-11-13-7-5-4-6-8-13)27-18-14(10-23)15(19(20,21)22)9-12(2)25-18/h4-9,16H,3,11H2,1-2H3,(H,24,26). The molecular weight excluding hydrogens is 375 g/mol. The summed E-state index contributed by atoms with van der Waals surface area (Å²) in [7, 11) is 0. The second kappa shape index (κ2) is 8.91. The topological polar surface area (TPSA) is 65.8 Å². The fraction of sp³-hybridized carbons (Fsp3) is 0.316. The first-order valence-corrected chi connectivity index (χ1v) is 9.11. The van der Waals surface area contributed by atoms with Gasteiger partial charge < -0.3 is 5.32 Å². The summed E-state index contributed by atoms with van der Waals surface area (Å²) < 4.78 is 39.6. The van der Waals surface area contributed by atoms with Crippen molar-refractivity contribution < 1.29 is 18.0 Å². The molecular formula is C19H18F3N3OS. The third-order valence-electron chi connectivity index (χ3n) is 3.76. The highest BCUT2D eigenvalue weighted by Gasteiger charge is 2.36. The predicted molar refractivity (Wildman–Crippen MR) is 96.9 cm³/mol. The molecule has 0 fully saturated rings. The Morgan fingerprint density at radius 3 is 2.56 bits per heavy atom. The van der Waals surface area contributed by atoms with Gasteiger partial charge in [-0.3, -0.25) is 4.79 Å². The number of alkyl halides is 3. The van der Waals surface area contributed by atoms with Crippen molar-refractivity contribution in [3.63, 3.8) is 0 Å². The number of hydrogen-bond donors (Lipinski definition) is 1. The van der Waals surface area contributed by atoms with E-state index in [4.69, 9.17) is 0 Å². The Kier molecular flexibility index (Phi) is 6.86. The maximum Gasteiger partial charge on any atom is 0.417 e. The fourth-order valence-electron chi connectivity index (χ4n) is 2.42. The average molecular weight is 393 g/mol. The lowest BCUT2D eigenvalue weighted by atomic mass is 10.1. The lowest BCUT2D eigenvalue weighted by molar-refractivity contribution is -0.138. The van der Waals surface area contributed by atoms with Crippen molar-refractivity contribution in [2.24, 2.45) is 0 Å². The van der Waals surface area contributed by atoms with Crippen molar-refractivity contribution in [3.05, 3.63) is 58.8 Å². The molecule has 142 valence electrons. The maximum absolute atomic E-state index is 13.2. The van der Waals surface area contributed by atoms with Crippen LogP contribution < -0.4 is 5.32 Å². The van der Waals surface area contributed by atoms with Gasteiger partial charge in [0.1, 0.15) is 11.1 Å². The van der Waals surface area contributed by atoms with E-state index in [1.165, 1.54) is 6.92 Å². The van der Waals surface area contributed by atoms with E-state index in [2.05, 4.69) is 10.3 Å². The number of amides is 1. The van der Waals surface area contributed by atoms with Crippen molar-refractivity contribution in [2.45, 2.75) is 43.3 Å². The number of benzene rings is 1. The van der Waals surface area contributed by atoms with Gasteiger partial charge in [-0.25, -0.2) is 4.98 Å². The molecule has 1 unspecified atom stereocenters. The first-order valence-electron chi connectivity index (χ1n) is 8.23. The molecule has 0 saturated heterocycles. The minimum absolute atomic E-state index is 0.0773. The van der Waals surface area contributed by atoms with E-state index in [-0.39, 0.29) is 16.6 Å². The second-order valence-corrected chi connectivity index (χ2v) is 7.01. The summed E-state index contributed by atoms with van der Waals surface area (Å²) in [6.45, 7) is 3.50. The summed E-state index contributed by atoms with van der Waals surface area (Å²) in [5, 5.41) is 11.3. The number of nitrogens with zero attached hydrogens (tertiary/aromatic N) is 2. The van der Waals surface area contributed by atoms with Crippen LogP contribution >= 0.6 is 11.8 Å². The number of pyridine rings is 1. The summed E-state index contributed by atoms with van der Waals surface area (Å²) in [6, 6.07) is 11.7. The van der Waals surface area contributed by atoms with Crippen molar-refractivity contribution in [3.8, 4) is 6.07 Å². The molecule has 1 heterocycles. The Morgan fingerprint density at radius 2 is 2.00 bits per heavy atom. The molecule has 4 nitrogen and oxygen atoms in total. The molecule has 1 atom stereocenters.